The molecule has 0 bridgehead atoms. The van der Waals surface area contributed by atoms with Crippen LogP contribution in [0.1, 0.15) is 25.0 Å². The predicted octanol–water partition coefficient (Wildman–Crippen LogP) is 4.97. The monoisotopic (exact) mass is 450 g/mol. The van der Waals surface area contributed by atoms with E-state index in [0.717, 1.165) is 27.8 Å². The number of carbonyl (C=O) groups excluding carboxylic acids is 1. The molecule has 0 radical (unpaired) electrons. The fourth-order valence-electron chi connectivity index (χ4n) is 3.01. The zero-order valence-electron chi connectivity index (χ0n) is 13.3. The molecule has 0 aliphatic carbocycles. The van der Waals surface area contributed by atoms with Crippen molar-refractivity contribution in [3.63, 3.8) is 0 Å². The van der Waals surface area contributed by atoms with Gasteiger partial charge in [-0.2, -0.15) is 0 Å². The number of hydrogen-bond donors (Lipinski definition) is 1. The van der Waals surface area contributed by atoms with Crippen LogP contribution < -0.4 is 4.90 Å². The third-order valence-corrected chi connectivity index (χ3v) is 5.09. The molecule has 2 aromatic rings. The molecule has 0 saturated carbocycles. The molecule has 0 saturated heterocycles. The summed E-state index contributed by atoms with van der Waals surface area (Å²) in [6, 6.07) is 9.56. The Labute approximate surface area is 157 Å². The minimum Gasteiger partial charge on any atom is -0.506 e. The average Bonchev–Trinajstić information content (AvgIpc) is 2.84. The van der Waals surface area contributed by atoms with E-state index in [9.17, 15) is 9.90 Å². The van der Waals surface area contributed by atoms with Gasteiger partial charge in [0.25, 0.3) is 0 Å². The molecule has 1 amide bonds. The van der Waals surface area contributed by atoms with Gasteiger partial charge in [-0.15, -0.1) is 0 Å². The van der Waals surface area contributed by atoms with E-state index in [1.54, 1.807) is 25.3 Å². The van der Waals surface area contributed by atoms with Gasteiger partial charge in [0.1, 0.15) is 5.75 Å². The van der Waals surface area contributed by atoms with Gasteiger partial charge in [0.2, 0.25) is 5.91 Å². The first-order valence-corrected chi connectivity index (χ1v) is 9.10. The van der Waals surface area contributed by atoms with Crippen LogP contribution in [-0.4, -0.2) is 23.3 Å². The first-order valence-electron chi connectivity index (χ1n) is 7.51. The maximum Gasteiger partial charge on any atom is 0.224 e. The number of halogens is 2. The summed E-state index contributed by atoms with van der Waals surface area (Å²) in [6.45, 7) is 3.63. The molecule has 1 atom stereocenters. The van der Waals surface area contributed by atoms with Gasteiger partial charge in [0, 0.05) is 34.9 Å². The molecular formula is C18H16Br2N2O2. The van der Waals surface area contributed by atoms with Crippen LogP contribution >= 0.6 is 31.9 Å². The van der Waals surface area contributed by atoms with Gasteiger partial charge in [-0.25, -0.2) is 0 Å². The summed E-state index contributed by atoms with van der Waals surface area (Å²) in [7, 11) is 0. The minimum absolute atomic E-state index is 0.0569. The van der Waals surface area contributed by atoms with Crippen LogP contribution in [0.3, 0.4) is 0 Å². The third-order valence-electron chi connectivity index (χ3n) is 4.03. The summed E-state index contributed by atoms with van der Waals surface area (Å²) < 4.78 is 1.46. The van der Waals surface area contributed by atoms with Crippen molar-refractivity contribution >= 4 is 55.4 Å². The van der Waals surface area contributed by atoms with Gasteiger partial charge >= 0.3 is 0 Å². The Morgan fingerprint density at radius 3 is 2.79 bits per heavy atom. The highest BCUT2D eigenvalue weighted by molar-refractivity contribution is 9.11. The Bertz CT molecular complexity index is 849. The van der Waals surface area contributed by atoms with Gasteiger partial charge in [0.05, 0.1) is 10.2 Å². The fraction of sp³-hybridized carbons (Fsp3) is 0.222. The Morgan fingerprint density at radius 1 is 1.33 bits per heavy atom. The molecule has 1 aliphatic heterocycles. The molecule has 124 valence electrons. The number of aromatic hydroxyl groups is 1. The first-order chi connectivity index (χ1) is 11.4. The number of phenols is 1. The van der Waals surface area contributed by atoms with E-state index in [2.05, 4.69) is 36.9 Å². The van der Waals surface area contributed by atoms with Crippen LogP contribution in [0.2, 0.25) is 0 Å². The molecular weight excluding hydrogens is 436 g/mol. The molecule has 0 unspecified atom stereocenters. The third kappa shape index (κ3) is 3.26. The van der Waals surface area contributed by atoms with Crippen LogP contribution in [0.25, 0.3) is 0 Å². The maximum atomic E-state index is 11.8. The van der Waals surface area contributed by atoms with E-state index in [4.69, 9.17) is 0 Å². The molecule has 4 nitrogen and oxygen atoms in total. The van der Waals surface area contributed by atoms with Gasteiger partial charge in [-0.3, -0.25) is 9.79 Å². The number of benzene rings is 2. The molecule has 1 aliphatic rings. The van der Waals surface area contributed by atoms with E-state index < -0.39 is 0 Å². The lowest BCUT2D eigenvalue weighted by molar-refractivity contribution is -0.116. The van der Waals surface area contributed by atoms with Gasteiger partial charge < -0.3 is 10.0 Å². The van der Waals surface area contributed by atoms with Crippen molar-refractivity contribution < 1.29 is 9.90 Å². The van der Waals surface area contributed by atoms with Crippen molar-refractivity contribution in [2.24, 2.45) is 4.99 Å². The van der Waals surface area contributed by atoms with E-state index in [-0.39, 0.29) is 17.7 Å². The molecule has 24 heavy (non-hydrogen) atoms. The second-order valence-corrected chi connectivity index (χ2v) is 7.61. The highest BCUT2D eigenvalue weighted by atomic mass is 79.9. The highest BCUT2D eigenvalue weighted by Crippen LogP contribution is 2.35. The summed E-state index contributed by atoms with van der Waals surface area (Å²) in [5, 5.41) is 10.1. The number of nitrogens with zero attached hydrogens (tertiary/aromatic N) is 2. The summed E-state index contributed by atoms with van der Waals surface area (Å²) in [5.74, 6) is 0.209. The molecule has 1 N–H and O–H groups in total. The van der Waals surface area contributed by atoms with Crippen molar-refractivity contribution in [3.8, 4) is 5.75 Å². The van der Waals surface area contributed by atoms with Gasteiger partial charge in [0.15, 0.2) is 0 Å². The Morgan fingerprint density at radius 2 is 2.08 bits per heavy atom. The molecule has 6 heteroatoms. The predicted molar refractivity (Wildman–Crippen MR) is 104 cm³/mol. The lowest BCUT2D eigenvalue weighted by atomic mass is 10.1. The van der Waals surface area contributed by atoms with Crippen molar-refractivity contribution in [2.75, 3.05) is 4.90 Å². The van der Waals surface area contributed by atoms with E-state index >= 15 is 0 Å². The summed E-state index contributed by atoms with van der Waals surface area (Å²) in [5.41, 5.74) is 3.49. The zero-order valence-corrected chi connectivity index (χ0v) is 16.4. The molecule has 0 aromatic heterocycles. The number of rotatable bonds is 2. The zero-order chi connectivity index (χ0) is 17.4. The summed E-state index contributed by atoms with van der Waals surface area (Å²) in [4.78, 5) is 18.1. The van der Waals surface area contributed by atoms with Crippen LogP contribution in [0.5, 0.6) is 5.75 Å². The number of hydrogen-bond acceptors (Lipinski definition) is 3. The number of anilines is 1. The Balaban J connectivity index is 1.91. The number of aliphatic imine (C=N–C) groups is 1. The number of fused-ring (bicyclic) bond motifs is 1. The summed E-state index contributed by atoms with van der Waals surface area (Å²) in [6.07, 6.45) is 2.46. The Hall–Kier alpha value is -1.66. The lowest BCUT2D eigenvalue weighted by Gasteiger charge is -2.20. The van der Waals surface area contributed by atoms with Crippen LogP contribution in [-0.2, 0) is 11.2 Å². The Kier molecular flexibility index (Phi) is 4.78. The molecule has 3 rings (SSSR count). The van der Waals surface area contributed by atoms with E-state index in [1.165, 1.54) is 0 Å². The van der Waals surface area contributed by atoms with Crippen LogP contribution in [0, 0.1) is 0 Å². The summed E-state index contributed by atoms with van der Waals surface area (Å²) >= 11 is 6.71. The van der Waals surface area contributed by atoms with Crippen molar-refractivity contribution in [2.45, 2.75) is 26.3 Å². The van der Waals surface area contributed by atoms with Crippen LogP contribution in [0.15, 0.2) is 44.3 Å². The normalized spacial score (nSPS) is 16.7. The minimum atomic E-state index is 0.0569. The smallest absolute Gasteiger partial charge is 0.224 e. The van der Waals surface area contributed by atoms with E-state index in [1.807, 2.05) is 30.0 Å². The maximum absolute atomic E-state index is 11.8. The molecule has 2 aromatic carbocycles. The van der Waals surface area contributed by atoms with Gasteiger partial charge in [-0.1, -0.05) is 15.9 Å². The second kappa shape index (κ2) is 6.69. The quantitative estimate of drug-likeness (QED) is 0.655. The van der Waals surface area contributed by atoms with Gasteiger partial charge in [-0.05, 0) is 65.2 Å². The molecule has 0 fully saturated rings. The molecule has 1 heterocycles. The van der Waals surface area contributed by atoms with Crippen LogP contribution in [0.4, 0.5) is 11.4 Å². The van der Waals surface area contributed by atoms with E-state index in [0.29, 0.717) is 10.0 Å². The topological polar surface area (TPSA) is 52.9 Å². The molecule has 0 spiro atoms. The second-order valence-electron chi connectivity index (χ2n) is 5.84. The average molecular weight is 452 g/mol. The lowest BCUT2D eigenvalue weighted by Crippen LogP contribution is -2.33. The van der Waals surface area contributed by atoms with Crippen molar-refractivity contribution in [1.29, 1.82) is 0 Å². The standard InChI is InChI=1S/C18H16Br2N2O2/c1-10-5-12-7-15(3-4-17(12)22(10)11(2)23)21-9-13-6-14(19)8-16(20)18(13)24/h3-4,6-10,24H,5H2,1-2H3/t10-/m0/s1. The van der Waals surface area contributed by atoms with Crippen molar-refractivity contribution in [3.05, 3.63) is 50.4 Å². The SMILES string of the molecule is CC(=O)N1c2ccc(N=Cc3cc(Br)cc(Br)c3O)cc2C[C@@H]1C. The first kappa shape index (κ1) is 17.2. The fourth-order valence-corrected chi connectivity index (χ4v) is 4.26. The number of phenolic OH excluding ortho intramolecular Hbond substituents is 1. The highest BCUT2D eigenvalue weighted by Gasteiger charge is 2.28. The number of carbonyl (C=O) groups is 1. The van der Waals surface area contributed by atoms with Crippen molar-refractivity contribution in [1.82, 2.24) is 0 Å². The largest absolute Gasteiger partial charge is 0.506 e. The number of amides is 1.